The number of rotatable bonds is 4. The molecule has 0 atom stereocenters. The first kappa shape index (κ1) is 13.0. The lowest BCUT2D eigenvalue weighted by atomic mass is 9.97. The first-order valence-electron chi connectivity index (χ1n) is 6.04. The van der Waals surface area contributed by atoms with E-state index in [-0.39, 0.29) is 11.9 Å². The van der Waals surface area contributed by atoms with Crippen LogP contribution in [0.1, 0.15) is 39.5 Å². The molecule has 1 amide bonds. The third-order valence-corrected chi connectivity index (χ3v) is 2.95. The maximum Gasteiger partial charge on any atom is 0.302 e. The van der Waals surface area contributed by atoms with Crippen LogP contribution in [0.2, 0.25) is 0 Å². The summed E-state index contributed by atoms with van der Waals surface area (Å²) in [6.07, 6.45) is 3.45. The quantitative estimate of drug-likeness (QED) is 0.685. The van der Waals surface area contributed by atoms with Gasteiger partial charge in [-0.25, -0.2) is 0 Å². The Bertz CT molecular complexity index is 245. The lowest BCUT2D eigenvalue weighted by molar-refractivity contribution is -0.143. The van der Waals surface area contributed by atoms with Crippen LogP contribution in [-0.2, 0) is 14.3 Å². The Balaban J connectivity index is 2.23. The van der Waals surface area contributed by atoms with Crippen LogP contribution < -0.4 is 0 Å². The highest BCUT2D eigenvalue weighted by Gasteiger charge is 2.22. The molecule has 4 heteroatoms. The SMILES string of the molecule is CCCC(=O)N1CCC(COC(C)=O)CC1. The van der Waals surface area contributed by atoms with E-state index in [0.29, 0.717) is 18.9 Å². The van der Waals surface area contributed by atoms with Gasteiger partial charge in [0, 0.05) is 26.4 Å². The molecule has 0 unspecified atom stereocenters. The second-order valence-corrected chi connectivity index (χ2v) is 4.38. The van der Waals surface area contributed by atoms with Crippen molar-refractivity contribution in [3.63, 3.8) is 0 Å². The molecule has 1 aliphatic rings. The molecule has 1 aliphatic heterocycles. The van der Waals surface area contributed by atoms with Crippen LogP contribution >= 0.6 is 0 Å². The maximum absolute atomic E-state index is 11.6. The lowest BCUT2D eigenvalue weighted by Crippen LogP contribution is -2.39. The summed E-state index contributed by atoms with van der Waals surface area (Å²) in [5.41, 5.74) is 0. The number of ether oxygens (including phenoxy) is 1. The maximum atomic E-state index is 11.6. The number of carbonyl (C=O) groups excluding carboxylic acids is 2. The van der Waals surface area contributed by atoms with Crippen molar-refractivity contribution in [2.24, 2.45) is 5.92 Å². The highest BCUT2D eigenvalue weighted by atomic mass is 16.5. The minimum absolute atomic E-state index is 0.218. The summed E-state index contributed by atoms with van der Waals surface area (Å²) in [7, 11) is 0. The standard InChI is InChI=1S/C12H21NO3/c1-3-4-12(15)13-7-5-11(6-8-13)9-16-10(2)14/h11H,3-9H2,1-2H3. The molecule has 0 saturated carbocycles. The molecule has 0 spiro atoms. The van der Waals surface area contributed by atoms with Gasteiger partial charge in [-0.3, -0.25) is 9.59 Å². The molecule has 0 bridgehead atoms. The first-order chi connectivity index (χ1) is 7.63. The van der Waals surface area contributed by atoms with Gasteiger partial charge in [-0.1, -0.05) is 6.92 Å². The normalized spacial score (nSPS) is 17.2. The van der Waals surface area contributed by atoms with Crippen molar-refractivity contribution in [2.45, 2.75) is 39.5 Å². The number of hydrogen-bond acceptors (Lipinski definition) is 3. The lowest BCUT2D eigenvalue weighted by Gasteiger charge is -2.31. The predicted octanol–water partition coefficient (Wildman–Crippen LogP) is 1.59. The average molecular weight is 227 g/mol. The van der Waals surface area contributed by atoms with E-state index in [1.54, 1.807) is 0 Å². The van der Waals surface area contributed by atoms with Crippen LogP contribution in [0.4, 0.5) is 0 Å². The number of esters is 1. The number of likely N-dealkylation sites (tertiary alicyclic amines) is 1. The molecule has 0 aromatic carbocycles. The second kappa shape index (κ2) is 6.51. The van der Waals surface area contributed by atoms with Crippen molar-refractivity contribution in [3.8, 4) is 0 Å². The Kier molecular flexibility index (Phi) is 5.29. The molecule has 0 aromatic rings. The zero-order valence-corrected chi connectivity index (χ0v) is 10.2. The summed E-state index contributed by atoms with van der Waals surface area (Å²) < 4.78 is 4.98. The summed E-state index contributed by atoms with van der Waals surface area (Å²) >= 11 is 0. The summed E-state index contributed by atoms with van der Waals surface area (Å²) in [6.45, 7) is 5.58. The fraction of sp³-hybridized carbons (Fsp3) is 0.833. The zero-order chi connectivity index (χ0) is 12.0. The van der Waals surface area contributed by atoms with Gasteiger partial charge in [0.25, 0.3) is 0 Å². The topological polar surface area (TPSA) is 46.6 Å². The second-order valence-electron chi connectivity index (χ2n) is 4.38. The molecule has 0 radical (unpaired) electrons. The third-order valence-electron chi connectivity index (χ3n) is 2.95. The first-order valence-corrected chi connectivity index (χ1v) is 6.04. The Labute approximate surface area is 96.9 Å². The van der Waals surface area contributed by atoms with Crippen LogP contribution in [0, 0.1) is 5.92 Å². The van der Waals surface area contributed by atoms with E-state index >= 15 is 0 Å². The van der Waals surface area contributed by atoms with E-state index in [9.17, 15) is 9.59 Å². The van der Waals surface area contributed by atoms with Crippen molar-refractivity contribution >= 4 is 11.9 Å². The van der Waals surface area contributed by atoms with Crippen LogP contribution in [0.15, 0.2) is 0 Å². The van der Waals surface area contributed by atoms with Gasteiger partial charge in [0.2, 0.25) is 5.91 Å². The highest BCUT2D eigenvalue weighted by Crippen LogP contribution is 2.18. The third kappa shape index (κ3) is 4.21. The number of piperidine rings is 1. The van der Waals surface area contributed by atoms with Gasteiger partial charge in [0.1, 0.15) is 0 Å². The minimum atomic E-state index is -0.218. The van der Waals surface area contributed by atoms with Crippen molar-refractivity contribution < 1.29 is 14.3 Å². The van der Waals surface area contributed by atoms with E-state index in [0.717, 1.165) is 32.4 Å². The van der Waals surface area contributed by atoms with Crippen LogP contribution in [0.3, 0.4) is 0 Å². The van der Waals surface area contributed by atoms with Gasteiger partial charge >= 0.3 is 5.97 Å². The van der Waals surface area contributed by atoms with Gasteiger partial charge in [0.05, 0.1) is 6.61 Å². The molecule has 1 saturated heterocycles. The van der Waals surface area contributed by atoms with E-state index in [1.165, 1.54) is 6.92 Å². The van der Waals surface area contributed by atoms with Gasteiger partial charge in [-0.15, -0.1) is 0 Å². The van der Waals surface area contributed by atoms with Crippen LogP contribution in [-0.4, -0.2) is 36.5 Å². The number of carbonyl (C=O) groups is 2. The van der Waals surface area contributed by atoms with Gasteiger partial charge in [-0.05, 0) is 25.2 Å². The molecule has 16 heavy (non-hydrogen) atoms. The Morgan fingerprint density at radius 3 is 2.44 bits per heavy atom. The van der Waals surface area contributed by atoms with Crippen LogP contribution in [0.5, 0.6) is 0 Å². The molecule has 92 valence electrons. The monoisotopic (exact) mass is 227 g/mol. The average Bonchev–Trinajstić information content (AvgIpc) is 2.27. The molecular formula is C12H21NO3. The summed E-state index contributed by atoms with van der Waals surface area (Å²) in [5, 5.41) is 0. The summed E-state index contributed by atoms with van der Waals surface area (Å²) in [4.78, 5) is 24.2. The molecular weight excluding hydrogens is 206 g/mol. The number of hydrogen-bond donors (Lipinski definition) is 0. The molecule has 0 aliphatic carbocycles. The summed E-state index contributed by atoms with van der Waals surface area (Å²) in [5.74, 6) is 0.465. The zero-order valence-electron chi connectivity index (χ0n) is 10.2. The van der Waals surface area contributed by atoms with Crippen molar-refractivity contribution in [1.29, 1.82) is 0 Å². The Morgan fingerprint density at radius 2 is 1.94 bits per heavy atom. The van der Waals surface area contributed by atoms with E-state index in [2.05, 4.69) is 0 Å². The molecule has 0 aromatic heterocycles. The number of nitrogens with zero attached hydrogens (tertiary/aromatic N) is 1. The van der Waals surface area contributed by atoms with E-state index in [4.69, 9.17) is 4.74 Å². The van der Waals surface area contributed by atoms with Gasteiger partial charge in [0.15, 0.2) is 0 Å². The van der Waals surface area contributed by atoms with Gasteiger partial charge < -0.3 is 9.64 Å². The van der Waals surface area contributed by atoms with Crippen molar-refractivity contribution in [3.05, 3.63) is 0 Å². The predicted molar refractivity (Wildman–Crippen MR) is 60.8 cm³/mol. The molecule has 1 rings (SSSR count). The highest BCUT2D eigenvalue weighted by molar-refractivity contribution is 5.76. The number of amides is 1. The Hall–Kier alpha value is -1.06. The molecule has 0 N–H and O–H groups in total. The van der Waals surface area contributed by atoms with Crippen LogP contribution in [0.25, 0.3) is 0 Å². The fourth-order valence-electron chi connectivity index (χ4n) is 1.96. The van der Waals surface area contributed by atoms with E-state index in [1.807, 2.05) is 11.8 Å². The van der Waals surface area contributed by atoms with Gasteiger partial charge in [-0.2, -0.15) is 0 Å². The smallest absolute Gasteiger partial charge is 0.302 e. The van der Waals surface area contributed by atoms with Crippen molar-refractivity contribution in [2.75, 3.05) is 19.7 Å². The molecule has 1 fully saturated rings. The molecule has 4 nitrogen and oxygen atoms in total. The van der Waals surface area contributed by atoms with E-state index < -0.39 is 0 Å². The fourth-order valence-corrected chi connectivity index (χ4v) is 1.96. The minimum Gasteiger partial charge on any atom is -0.466 e. The van der Waals surface area contributed by atoms with Crippen molar-refractivity contribution in [1.82, 2.24) is 4.90 Å². The Morgan fingerprint density at radius 1 is 1.31 bits per heavy atom. The summed E-state index contributed by atoms with van der Waals surface area (Å²) in [6, 6.07) is 0. The molecule has 1 heterocycles. The largest absolute Gasteiger partial charge is 0.466 e.